The van der Waals surface area contributed by atoms with Crippen molar-refractivity contribution in [3.05, 3.63) is 41.0 Å². The predicted octanol–water partition coefficient (Wildman–Crippen LogP) is 4.21. The van der Waals surface area contributed by atoms with Crippen molar-refractivity contribution in [2.45, 2.75) is 23.3 Å². The molecule has 0 radical (unpaired) electrons. The Morgan fingerprint density at radius 1 is 1.28 bits per heavy atom. The molecule has 0 saturated heterocycles. The van der Waals surface area contributed by atoms with E-state index in [2.05, 4.69) is 44.2 Å². The number of benzene rings is 1. The largest absolute Gasteiger partial charge is 0.354 e. The predicted molar refractivity (Wildman–Crippen MR) is 79.1 cm³/mol. The minimum Gasteiger partial charge on any atom is -0.354 e. The Balaban J connectivity index is 2.12. The molecule has 0 aliphatic rings. The van der Waals surface area contributed by atoms with Crippen LogP contribution >= 0.6 is 27.7 Å². The Labute approximate surface area is 120 Å². The van der Waals surface area contributed by atoms with E-state index in [0.717, 1.165) is 27.4 Å². The molecule has 0 unspecified atom stereocenters. The lowest BCUT2D eigenvalue weighted by molar-refractivity contribution is 0.935. The normalized spacial score (nSPS) is 10.3. The van der Waals surface area contributed by atoms with Crippen LogP contribution in [0.15, 0.2) is 50.9 Å². The fraction of sp³-hybridized carbons (Fsp3) is 0.231. The number of hydrogen-bond acceptors (Lipinski definition) is 4. The number of hydrogen-bond donors (Lipinski definition) is 1. The summed E-state index contributed by atoms with van der Waals surface area (Å²) in [6.45, 7) is 3.01. The van der Waals surface area contributed by atoms with Crippen molar-refractivity contribution in [1.82, 2.24) is 9.97 Å². The van der Waals surface area contributed by atoms with Crippen LogP contribution in [0, 0.1) is 0 Å². The molecule has 3 nitrogen and oxygen atoms in total. The summed E-state index contributed by atoms with van der Waals surface area (Å²) in [6.07, 6.45) is 2.84. The van der Waals surface area contributed by atoms with Crippen molar-refractivity contribution < 1.29 is 0 Å². The van der Waals surface area contributed by atoms with Crippen LogP contribution in [0.25, 0.3) is 0 Å². The fourth-order valence-electron chi connectivity index (χ4n) is 1.36. The molecule has 0 atom stereocenters. The molecule has 1 N–H and O–H groups in total. The highest BCUT2D eigenvalue weighted by atomic mass is 79.9. The Hall–Kier alpha value is -1.07. The minimum atomic E-state index is 0.689. The summed E-state index contributed by atoms with van der Waals surface area (Å²) in [5, 5.41) is 4.13. The number of anilines is 1. The van der Waals surface area contributed by atoms with Gasteiger partial charge in [0.15, 0.2) is 0 Å². The third-order valence-corrected chi connectivity index (χ3v) is 4.18. The molecular weight excluding hydrogens is 310 g/mol. The summed E-state index contributed by atoms with van der Waals surface area (Å²) < 4.78 is 1.08. The van der Waals surface area contributed by atoms with Crippen LogP contribution < -0.4 is 5.32 Å². The number of rotatable bonds is 5. The van der Waals surface area contributed by atoms with Gasteiger partial charge < -0.3 is 5.32 Å². The summed E-state index contributed by atoms with van der Waals surface area (Å²) in [7, 11) is 0. The zero-order valence-corrected chi connectivity index (χ0v) is 12.5. The number of nitrogens with one attached hydrogen (secondary N) is 1. The average molecular weight is 324 g/mol. The topological polar surface area (TPSA) is 37.8 Å². The average Bonchev–Trinajstić information content (AvgIpc) is 2.40. The number of halogens is 1. The van der Waals surface area contributed by atoms with Gasteiger partial charge in [-0.1, -0.05) is 30.8 Å². The van der Waals surface area contributed by atoms with Crippen molar-refractivity contribution in [3.8, 4) is 0 Å². The molecule has 0 aliphatic heterocycles. The lowest BCUT2D eigenvalue weighted by Gasteiger charge is -2.06. The molecule has 0 aliphatic carbocycles. The standard InChI is InChI=1S/C13H14BrN3S/c1-2-8-15-13-16-9-7-12(17-13)18-11-6-4-3-5-10(11)14/h3-7,9H,2,8H2,1H3,(H,15,16,17). The van der Waals surface area contributed by atoms with E-state index in [1.54, 1.807) is 18.0 Å². The highest BCUT2D eigenvalue weighted by molar-refractivity contribution is 9.10. The molecule has 18 heavy (non-hydrogen) atoms. The highest BCUT2D eigenvalue weighted by Gasteiger charge is 2.04. The van der Waals surface area contributed by atoms with Gasteiger partial charge in [-0.05, 0) is 40.5 Å². The van der Waals surface area contributed by atoms with Gasteiger partial charge in [0.2, 0.25) is 5.95 Å². The third kappa shape index (κ3) is 3.71. The lowest BCUT2D eigenvalue weighted by Crippen LogP contribution is -2.04. The molecule has 1 aromatic carbocycles. The molecule has 0 saturated carbocycles. The van der Waals surface area contributed by atoms with E-state index in [1.807, 2.05) is 24.3 Å². The first-order valence-corrected chi connectivity index (χ1v) is 7.40. The summed E-state index contributed by atoms with van der Waals surface area (Å²) in [5.74, 6) is 0.689. The maximum absolute atomic E-state index is 4.47. The quantitative estimate of drug-likeness (QED) is 0.836. The molecule has 0 fully saturated rings. The van der Waals surface area contributed by atoms with Gasteiger partial charge in [-0.2, -0.15) is 0 Å². The second-order valence-corrected chi connectivity index (χ2v) is 5.59. The zero-order valence-electron chi connectivity index (χ0n) is 10.1. The van der Waals surface area contributed by atoms with Gasteiger partial charge >= 0.3 is 0 Å². The van der Waals surface area contributed by atoms with E-state index in [9.17, 15) is 0 Å². The molecular formula is C13H14BrN3S. The van der Waals surface area contributed by atoms with Crippen molar-refractivity contribution in [1.29, 1.82) is 0 Å². The van der Waals surface area contributed by atoms with Crippen LogP contribution in [0.1, 0.15) is 13.3 Å². The van der Waals surface area contributed by atoms with E-state index >= 15 is 0 Å². The van der Waals surface area contributed by atoms with Gasteiger partial charge in [0.25, 0.3) is 0 Å². The smallest absolute Gasteiger partial charge is 0.223 e. The molecule has 94 valence electrons. The molecule has 0 amide bonds. The molecule has 0 spiro atoms. The number of nitrogens with zero attached hydrogens (tertiary/aromatic N) is 2. The molecule has 0 bridgehead atoms. The van der Waals surface area contributed by atoms with Crippen molar-refractivity contribution in [2.75, 3.05) is 11.9 Å². The van der Waals surface area contributed by atoms with Gasteiger partial charge in [0.05, 0.1) is 0 Å². The molecule has 2 rings (SSSR count). The van der Waals surface area contributed by atoms with Crippen molar-refractivity contribution in [3.63, 3.8) is 0 Å². The van der Waals surface area contributed by atoms with Gasteiger partial charge in [0.1, 0.15) is 5.03 Å². The van der Waals surface area contributed by atoms with Gasteiger partial charge in [-0.25, -0.2) is 9.97 Å². The van der Waals surface area contributed by atoms with Crippen LogP contribution in [-0.2, 0) is 0 Å². The van der Waals surface area contributed by atoms with E-state index < -0.39 is 0 Å². The summed E-state index contributed by atoms with van der Waals surface area (Å²) in [6, 6.07) is 10.0. The maximum Gasteiger partial charge on any atom is 0.223 e. The first kappa shape index (κ1) is 13.4. The fourth-order valence-corrected chi connectivity index (χ4v) is 2.69. The van der Waals surface area contributed by atoms with Crippen molar-refractivity contribution >= 4 is 33.6 Å². The second-order valence-electron chi connectivity index (χ2n) is 3.68. The minimum absolute atomic E-state index is 0.689. The maximum atomic E-state index is 4.47. The Morgan fingerprint density at radius 3 is 2.89 bits per heavy atom. The summed E-state index contributed by atoms with van der Waals surface area (Å²) >= 11 is 5.16. The first-order chi connectivity index (χ1) is 8.79. The third-order valence-electron chi connectivity index (χ3n) is 2.21. The van der Waals surface area contributed by atoms with Crippen LogP contribution in [0.2, 0.25) is 0 Å². The second kappa shape index (κ2) is 6.75. The van der Waals surface area contributed by atoms with Crippen LogP contribution in [-0.4, -0.2) is 16.5 Å². The Kier molecular flexibility index (Phi) is 5.01. The first-order valence-electron chi connectivity index (χ1n) is 5.79. The summed E-state index contributed by atoms with van der Waals surface area (Å²) in [5.41, 5.74) is 0. The lowest BCUT2D eigenvalue weighted by atomic mass is 10.4. The monoisotopic (exact) mass is 323 g/mol. The molecule has 2 aromatic rings. The van der Waals surface area contributed by atoms with Gasteiger partial charge in [-0.15, -0.1) is 0 Å². The van der Waals surface area contributed by atoms with E-state index in [4.69, 9.17) is 0 Å². The van der Waals surface area contributed by atoms with E-state index in [1.165, 1.54) is 0 Å². The number of aromatic nitrogens is 2. The Morgan fingerprint density at radius 2 is 2.11 bits per heavy atom. The zero-order chi connectivity index (χ0) is 12.8. The van der Waals surface area contributed by atoms with Crippen LogP contribution in [0.4, 0.5) is 5.95 Å². The molecule has 1 heterocycles. The van der Waals surface area contributed by atoms with E-state index in [-0.39, 0.29) is 0 Å². The van der Waals surface area contributed by atoms with Crippen LogP contribution in [0.5, 0.6) is 0 Å². The van der Waals surface area contributed by atoms with Crippen LogP contribution in [0.3, 0.4) is 0 Å². The van der Waals surface area contributed by atoms with E-state index in [0.29, 0.717) is 5.95 Å². The van der Waals surface area contributed by atoms with Crippen molar-refractivity contribution in [2.24, 2.45) is 0 Å². The van der Waals surface area contributed by atoms with Gasteiger partial charge in [0, 0.05) is 22.1 Å². The summed E-state index contributed by atoms with van der Waals surface area (Å²) in [4.78, 5) is 9.81. The SMILES string of the molecule is CCCNc1nccc(Sc2ccccc2Br)n1. The Bertz CT molecular complexity index is 519. The van der Waals surface area contributed by atoms with Gasteiger partial charge in [-0.3, -0.25) is 0 Å². The molecule has 5 heteroatoms. The molecule has 1 aromatic heterocycles. The highest BCUT2D eigenvalue weighted by Crippen LogP contribution is 2.32.